The van der Waals surface area contributed by atoms with Gasteiger partial charge in [-0.3, -0.25) is 0 Å². The third-order valence-corrected chi connectivity index (χ3v) is 4.12. The van der Waals surface area contributed by atoms with Gasteiger partial charge in [0.15, 0.2) is 0 Å². The minimum Gasteiger partial charge on any atom is -0.507 e. The van der Waals surface area contributed by atoms with E-state index in [1.165, 1.54) is 5.56 Å². The first-order chi connectivity index (χ1) is 10.5. The molecule has 0 saturated carbocycles. The molecule has 0 fully saturated rings. The lowest BCUT2D eigenvalue weighted by Gasteiger charge is -2.24. The van der Waals surface area contributed by atoms with Gasteiger partial charge in [-0.15, -0.1) is 0 Å². The average molecular weight is 399 g/mol. The summed E-state index contributed by atoms with van der Waals surface area (Å²) in [5.74, 6) is 0.710. The maximum absolute atomic E-state index is 6.02. The van der Waals surface area contributed by atoms with Crippen molar-refractivity contribution >= 4 is 39.5 Å². The predicted octanol–water partition coefficient (Wildman–Crippen LogP) is 3.40. The van der Waals surface area contributed by atoms with Gasteiger partial charge >= 0.3 is 6.25 Å². The van der Waals surface area contributed by atoms with Gasteiger partial charge in [0, 0.05) is 30.8 Å². The summed E-state index contributed by atoms with van der Waals surface area (Å²) in [6.45, 7) is 2.31. The normalized spacial score (nSPS) is 12.5. The van der Waals surface area contributed by atoms with Crippen molar-refractivity contribution in [2.75, 3.05) is 42.3 Å². The van der Waals surface area contributed by atoms with Crippen molar-refractivity contribution < 1.29 is 4.43 Å². The number of nitrogens with zero attached hydrogens (tertiary/aromatic N) is 3. The molecule has 1 rings (SSSR count). The highest BCUT2D eigenvalue weighted by Crippen LogP contribution is 2.34. The third-order valence-electron chi connectivity index (χ3n) is 2.99. The zero-order valence-electron chi connectivity index (χ0n) is 14.7. The first kappa shape index (κ1) is 21.0. The van der Waals surface area contributed by atoms with E-state index in [9.17, 15) is 0 Å². The Morgan fingerprint density at radius 3 is 1.48 bits per heavy atom. The van der Waals surface area contributed by atoms with Crippen LogP contribution in [0.25, 0.3) is 0 Å². The minimum absolute atomic E-state index is 0.710. The fourth-order valence-electron chi connectivity index (χ4n) is 2.45. The summed E-state index contributed by atoms with van der Waals surface area (Å²) in [5.41, 5.74) is 3.32. The second-order valence-corrected chi connectivity index (χ2v) is 14.1. The summed E-state index contributed by atoms with van der Waals surface area (Å²) in [6, 6.07) is 4.28. The van der Waals surface area contributed by atoms with Gasteiger partial charge in [0.25, 0.3) is 0 Å². The lowest BCUT2D eigenvalue weighted by Crippen LogP contribution is -2.25. The molecule has 0 saturated heterocycles. The van der Waals surface area contributed by atoms with Crippen molar-refractivity contribution in [1.29, 1.82) is 0 Å². The Bertz CT molecular complexity index is 488. The monoisotopic (exact) mass is 397 g/mol. The van der Waals surface area contributed by atoms with Gasteiger partial charge in [0.2, 0.25) is 0 Å². The van der Waals surface area contributed by atoms with E-state index in [0.717, 1.165) is 30.8 Å². The summed E-state index contributed by atoms with van der Waals surface area (Å²) in [4.78, 5) is 6.31. The molecule has 0 radical (unpaired) electrons. The van der Waals surface area contributed by atoms with E-state index in [1.54, 1.807) is 0 Å². The van der Waals surface area contributed by atoms with Gasteiger partial charge in [0.1, 0.15) is 5.75 Å². The predicted molar refractivity (Wildman–Crippen MR) is 103 cm³/mol. The van der Waals surface area contributed by atoms with Crippen molar-refractivity contribution in [2.45, 2.75) is 19.6 Å². The maximum Gasteiger partial charge on any atom is 0.555 e. The highest BCUT2D eigenvalue weighted by molar-refractivity contribution is 7.62. The van der Waals surface area contributed by atoms with Crippen molar-refractivity contribution in [3.05, 3.63) is 28.8 Å². The van der Waals surface area contributed by atoms with Crippen LogP contribution in [0.1, 0.15) is 16.7 Å². The molecule has 0 atom stereocenters. The molecule has 132 valence electrons. The van der Waals surface area contributed by atoms with Crippen LogP contribution < -0.4 is 4.43 Å². The second-order valence-electron chi connectivity index (χ2n) is 6.50. The summed E-state index contributed by atoms with van der Waals surface area (Å²) >= 11 is 18.1. The smallest absolute Gasteiger partial charge is 0.507 e. The Morgan fingerprint density at radius 2 is 1.17 bits per heavy atom. The Kier molecular flexibility index (Phi) is 8.14. The lowest BCUT2D eigenvalue weighted by atomic mass is 10.0. The number of rotatable bonds is 8. The molecule has 0 N–H and O–H groups in total. The number of benzene rings is 1. The van der Waals surface area contributed by atoms with E-state index in [2.05, 4.69) is 40.9 Å². The Hall–Kier alpha value is -0.0131. The van der Waals surface area contributed by atoms with E-state index in [-0.39, 0.29) is 0 Å². The van der Waals surface area contributed by atoms with Crippen LogP contribution in [-0.2, 0) is 19.6 Å². The SMILES string of the molecule is CN(C)Cc1cc(CN(C)C)c(O[Si](Cl)(Cl)Cl)c(CN(C)C)c1. The summed E-state index contributed by atoms with van der Waals surface area (Å²) in [6.07, 6.45) is -3.24. The van der Waals surface area contributed by atoms with Gasteiger partial charge < -0.3 is 19.1 Å². The molecule has 4 nitrogen and oxygen atoms in total. The molecule has 1 aromatic rings. The molecular formula is C15H26Cl3N3OSi. The molecule has 0 heterocycles. The standard InChI is InChI=1S/C15H26Cl3N3OSi/c1-19(2)9-12-7-13(10-20(3)4)15(22-23(16,17)18)14(8-12)11-21(5)6/h7-8H,9-11H2,1-6H3. The molecule has 8 heteroatoms. The Morgan fingerprint density at radius 1 is 0.783 bits per heavy atom. The molecule has 0 aliphatic rings. The molecule has 0 bridgehead atoms. The lowest BCUT2D eigenvalue weighted by molar-refractivity contribution is 0.379. The Labute approximate surface area is 155 Å². The van der Waals surface area contributed by atoms with E-state index in [1.807, 2.05) is 28.2 Å². The van der Waals surface area contributed by atoms with Crippen molar-refractivity contribution in [1.82, 2.24) is 14.7 Å². The third kappa shape index (κ3) is 8.07. The van der Waals surface area contributed by atoms with Gasteiger partial charge in [-0.2, -0.15) is 0 Å². The van der Waals surface area contributed by atoms with Crippen LogP contribution in [0.5, 0.6) is 5.75 Å². The molecule has 0 unspecified atom stereocenters. The zero-order chi connectivity index (χ0) is 17.8. The average Bonchev–Trinajstić information content (AvgIpc) is 2.29. The molecule has 1 aromatic carbocycles. The first-order valence-corrected chi connectivity index (χ1v) is 12.3. The highest BCUT2D eigenvalue weighted by Gasteiger charge is 2.32. The first-order valence-electron chi connectivity index (χ1n) is 7.32. The number of halogens is 3. The molecule has 23 heavy (non-hydrogen) atoms. The molecule has 0 aliphatic carbocycles. The van der Waals surface area contributed by atoms with Crippen LogP contribution in [-0.4, -0.2) is 63.2 Å². The number of hydrogen-bond acceptors (Lipinski definition) is 4. The largest absolute Gasteiger partial charge is 0.555 e. The van der Waals surface area contributed by atoms with E-state index in [0.29, 0.717) is 5.75 Å². The molecular weight excluding hydrogens is 373 g/mol. The van der Waals surface area contributed by atoms with Gasteiger partial charge in [-0.05, 0) is 60.0 Å². The quantitative estimate of drug-likeness (QED) is 0.493. The van der Waals surface area contributed by atoms with E-state index >= 15 is 0 Å². The van der Waals surface area contributed by atoms with Crippen LogP contribution in [0.15, 0.2) is 12.1 Å². The van der Waals surface area contributed by atoms with Gasteiger partial charge in [0.05, 0.1) is 0 Å². The van der Waals surface area contributed by atoms with Crippen LogP contribution in [0, 0.1) is 0 Å². The molecule has 0 amide bonds. The van der Waals surface area contributed by atoms with Crippen molar-refractivity contribution in [3.8, 4) is 5.75 Å². The van der Waals surface area contributed by atoms with Gasteiger partial charge in [-0.1, -0.05) is 33.2 Å². The van der Waals surface area contributed by atoms with Gasteiger partial charge in [-0.25, -0.2) is 0 Å². The minimum atomic E-state index is -3.24. The summed E-state index contributed by atoms with van der Waals surface area (Å²) < 4.78 is 5.79. The fourth-order valence-corrected chi connectivity index (χ4v) is 3.63. The number of hydrogen-bond donors (Lipinski definition) is 0. The topological polar surface area (TPSA) is 19.0 Å². The van der Waals surface area contributed by atoms with Crippen molar-refractivity contribution in [2.24, 2.45) is 0 Å². The zero-order valence-corrected chi connectivity index (χ0v) is 17.9. The molecule has 0 aliphatic heterocycles. The van der Waals surface area contributed by atoms with Crippen LogP contribution in [0.3, 0.4) is 0 Å². The van der Waals surface area contributed by atoms with Crippen molar-refractivity contribution in [3.63, 3.8) is 0 Å². The fraction of sp³-hybridized carbons (Fsp3) is 0.600. The van der Waals surface area contributed by atoms with Crippen LogP contribution in [0.2, 0.25) is 0 Å². The summed E-state index contributed by atoms with van der Waals surface area (Å²) in [7, 11) is 12.2. The molecule has 0 spiro atoms. The van der Waals surface area contributed by atoms with E-state index in [4.69, 9.17) is 37.7 Å². The Balaban J connectivity index is 3.38. The van der Waals surface area contributed by atoms with E-state index < -0.39 is 6.25 Å². The summed E-state index contributed by atoms with van der Waals surface area (Å²) in [5, 5.41) is 0. The van der Waals surface area contributed by atoms with Crippen LogP contribution >= 0.6 is 33.2 Å². The second kappa shape index (κ2) is 8.90. The maximum atomic E-state index is 6.02. The molecule has 0 aromatic heterocycles. The highest BCUT2D eigenvalue weighted by atomic mass is 35.8. The van der Waals surface area contributed by atoms with Crippen LogP contribution in [0.4, 0.5) is 0 Å².